The van der Waals surface area contributed by atoms with Crippen LogP contribution in [-0.2, 0) is 4.74 Å². The fraction of sp³-hybridized carbons (Fsp3) is 0.556. The zero-order valence-electron chi connectivity index (χ0n) is 8.42. The predicted octanol–water partition coefficient (Wildman–Crippen LogP) is 1.86. The van der Waals surface area contributed by atoms with E-state index >= 15 is 0 Å². The molecule has 0 spiro atoms. The van der Waals surface area contributed by atoms with Gasteiger partial charge in [-0.05, 0) is 6.92 Å². The van der Waals surface area contributed by atoms with Crippen LogP contribution in [0.4, 0.5) is 10.2 Å². The van der Waals surface area contributed by atoms with Crippen molar-refractivity contribution in [2.45, 2.75) is 25.0 Å². The van der Waals surface area contributed by atoms with Crippen molar-refractivity contribution in [3.05, 3.63) is 17.3 Å². The van der Waals surface area contributed by atoms with Crippen LogP contribution in [0.1, 0.15) is 13.3 Å². The number of ether oxygens (including phenoxy) is 1. The van der Waals surface area contributed by atoms with Gasteiger partial charge < -0.3 is 10.1 Å². The number of methoxy groups -OCH3 is 1. The first-order valence-corrected chi connectivity index (χ1v) is 4.93. The molecule has 2 atom stereocenters. The van der Waals surface area contributed by atoms with Crippen molar-refractivity contribution in [1.82, 2.24) is 9.97 Å². The van der Waals surface area contributed by atoms with Crippen LogP contribution in [0.15, 0.2) is 6.20 Å². The lowest BCUT2D eigenvalue weighted by molar-refractivity contribution is 0.0936. The van der Waals surface area contributed by atoms with Gasteiger partial charge in [0.1, 0.15) is 5.02 Å². The Morgan fingerprint density at radius 2 is 2.47 bits per heavy atom. The van der Waals surface area contributed by atoms with Crippen molar-refractivity contribution < 1.29 is 9.13 Å². The number of hydrogen-bond acceptors (Lipinski definition) is 4. The summed E-state index contributed by atoms with van der Waals surface area (Å²) in [5, 5.41) is 3.33. The van der Waals surface area contributed by atoms with Gasteiger partial charge in [-0.1, -0.05) is 11.6 Å². The topological polar surface area (TPSA) is 47.0 Å². The summed E-state index contributed by atoms with van der Waals surface area (Å²) < 4.78 is 18.0. The van der Waals surface area contributed by atoms with Crippen molar-refractivity contribution in [2.24, 2.45) is 0 Å². The SMILES string of the molecule is CO[C@@]1(C)C[C@H]1Nc1nc(F)ncc1Cl. The van der Waals surface area contributed by atoms with Gasteiger partial charge in [-0.15, -0.1) is 0 Å². The zero-order chi connectivity index (χ0) is 11.1. The second-order valence-corrected chi connectivity index (χ2v) is 4.16. The smallest absolute Gasteiger partial charge is 0.310 e. The zero-order valence-corrected chi connectivity index (χ0v) is 9.18. The Balaban J connectivity index is 2.09. The summed E-state index contributed by atoms with van der Waals surface area (Å²) >= 11 is 5.81. The highest BCUT2D eigenvalue weighted by Crippen LogP contribution is 2.41. The molecule has 82 valence electrons. The lowest BCUT2D eigenvalue weighted by atomic mass is 10.4. The first-order valence-electron chi connectivity index (χ1n) is 4.55. The van der Waals surface area contributed by atoms with Gasteiger partial charge >= 0.3 is 6.08 Å². The summed E-state index contributed by atoms with van der Waals surface area (Å²) in [5.74, 6) is 0.315. The van der Waals surface area contributed by atoms with Crippen molar-refractivity contribution in [2.75, 3.05) is 12.4 Å². The Labute approximate surface area is 91.8 Å². The van der Waals surface area contributed by atoms with E-state index in [9.17, 15) is 4.39 Å². The summed E-state index contributed by atoms with van der Waals surface area (Å²) in [7, 11) is 1.64. The van der Waals surface area contributed by atoms with Gasteiger partial charge in [0.2, 0.25) is 0 Å². The molecule has 1 fully saturated rings. The van der Waals surface area contributed by atoms with Gasteiger partial charge in [0, 0.05) is 13.5 Å². The second kappa shape index (κ2) is 3.57. The Morgan fingerprint density at radius 3 is 3.07 bits per heavy atom. The number of aromatic nitrogens is 2. The van der Waals surface area contributed by atoms with Crippen LogP contribution in [0.2, 0.25) is 5.02 Å². The lowest BCUT2D eigenvalue weighted by Gasteiger charge is -2.10. The molecule has 6 heteroatoms. The Bertz CT molecular complexity index is 390. The molecule has 1 aliphatic carbocycles. The van der Waals surface area contributed by atoms with Crippen molar-refractivity contribution in [3.8, 4) is 0 Å². The van der Waals surface area contributed by atoms with Gasteiger partial charge in [0.05, 0.1) is 17.8 Å². The largest absolute Gasteiger partial charge is 0.376 e. The number of halogens is 2. The average molecular weight is 232 g/mol. The summed E-state index contributed by atoms with van der Waals surface area (Å²) in [6.07, 6.45) is 1.30. The normalized spacial score (nSPS) is 28.9. The van der Waals surface area contributed by atoms with E-state index in [1.807, 2.05) is 6.92 Å². The monoisotopic (exact) mass is 231 g/mol. The molecule has 0 saturated heterocycles. The number of anilines is 1. The van der Waals surface area contributed by atoms with Crippen LogP contribution < -0.4 is 5.32 Å². The summed E-state index contributed by atoms with van der Waals surface area (Å²) in [5.41, 5.74) is -0.204. The van der Waals surface area contributed by atoms with Gasteiger partial charge in [0.25, 0.3) is 0 Å². The van der Waals surface area contributed by atoms with Crippen LogP contribution in [0.5, 0.6) is 0 Å². The number of nitrogens with zero attached hydrogens (tertiary/aromatic N) is 2. The third-order valence-electron chi connectivity index (χ3n) is 2.68. The van der Waals surface area contributed by atoms with E-state index in [1.54, 1.807) is 7.11 Å². The van der Waals surface area contributed by atoms with Crippen molar-refractivity contribution >= 4 is 17.4 Å². The second-order valence-electron chi connectivity index (χ2n) is 3.75. The van der Waals surface area contributed by atoms with Gasteiger partial charge in [-0.2, -0.15) is 9.37 Å². The molecule has 15 heavy (non-hydrogen) atoms. The third kappa shape index (κ3) is 2.03. The maximum atomic E-state index is 12.7. The highest BCUT2D eigenvalue weighted by Gasteiger charge is 2.51. The summed E-state index contributed by atoms with van der Waals surface area (Å²) in [4.78, 5) is 6.92. The molecule has 1 aromatic rings. The van der Waals surface area contributed by atoms with Gasteiger partial charge in [-0.3, -0.25) is 0 Å². The average Bonchev–Trinajstić information content (AvgIpc) is 2.84. The van der Waals surface area contributed by atoms with Crippen LogP contribution in [0.3, 0.4) is 0 Å². The van der Waals surface area contributed by atoms with Crippen LogP contribution >= 0.6 is 11.6 Å². The molecule has 0 bridgehead atoms. The molecular weight excluding hydrogens is 221 g/mol. The highest BCUT2D eigenvalue weighted by molar-refractivity contribution is 6.32. The molecule has 0 unspecified atom stereocenters. The molecule has 0 radical (unpaired) electrons. The highest BCUT2D eigenvalue weighted by atomic mass is 35.5. The Morgan fingerprint density at radius 1 is 1.73 bits per heavy atom. The number of rotatable bonds is 3. The minimum atomic E-state index is -0.790. The molecule has 0 aromatic carbocycles. The van der Waals surface area contributed by atoms with Gasteiger partial charge in [0.15, 0.2) is 5.82 Å². The lowest BCUT2D eigenvalue weighted by Crippen LogP contribution is -2.19. The molecule has 1 N–H and O–H groups in total. The van der Waals surface area contributed by atoms with Crippen molar-refractivity contribution in [3.63, 3.8) is 0 Å². The quantitative estimate of drug-likeness (QED) is 0.807. The predicted molar refractivity (Wildman–Crippen MR) is 54.4 cm³/mol. The minimum absolute atomic E-state index is 0.120. The Hall–Kier alpha value is -0.940. The fourth-order valence-corrected chi connectivity index (χ4v) is 1.53. The molecule has 2 rings (SSSR count). The van der Waals surface area contributed by atoms with Crippen molar-refractivity contribution in [1.29, 1.82) is 0 Å². The van der Waals surface area contributed by atoms with Crippen LogP contribution in [-0.4, -0.2) is 28.7 Å². The standard InChI is InChI=1S/C9H11ClFN3O/c1-9(15-2)3-6(9)13-7-5(10)4-12-8(11)14-7/h4,6H,3H2,1-2H3,(H,12,13,14)/t6-,9+/m1/s1. The number of hydrogen-bond donors (Lipinski definition) is 1. The van der Waals surface area contributed by atoms with Gasteiger partial charge in [-0.25, -0.2) is 4.98 Å². The van der Waals surface area contributed by atoms with E-state index in [-0.39, 0.29) is 11.6 Å². The Kier molecular flexibility index (Phi) is 2.52. The minimum Gasteiger partial charge on any atom is -0.376 e. The molecule has 1 aliphatic rings. The molecule has 1 aromatic heterocycles. The van der Waals surface area contributed by atoms with E-state index in [0.717, 1.165) is 6.42 Å². The molecule has 0 amide bonds. The van der Waals surface area contributed by atoms with E-state index in [2.05, 4.69) is 15.3 Å². The molecule has 1 saturated carbocycles. The van der Waals surface area contributed by atoms with Crippen LogP contribution in [0, 0.1) is 6.08 Å². The summed E-state index contributed by atoms with van der Waals surface area (Å²) in [6.45, 7) is 1.97. The van der Waals surface area contributed by atoms with E-state index in [1.165, 1.54) is 6.20 Å². The molecule has 1 heterocycles. The maximum absolute atomic E-state index is 12.7. The van der Waals surface area contributed by atoms with E-state index < -0.39 is 6.08 Å². The number of nitrogens with one attached hydrogen (secondary N) is 1. The maximum Gasteiger partial charge on any atom is 0.310 e. The van der Waals surface area contributed by atoms with E-state index in [0.29, 0.717) is 10.8 Å². The van der Waals surface area contributed by atoms with Crippen LogP contribution in [0.25, 0.3) is 0 Å². The first-order chi connectivity index (χ1) is 7.05. The fourth-order valence-electron chi connectivity index (χ4n) is 1.39. The third-order valence-corrected chi connectivity index (χ3v) is 2.95. The molecule has 4 nitrogen and oxygen atoms in total. The first kappa shape index (κ1) is 10.6. The molecule has 0 aliphatic heterocycles. The summed E-state index contributed by atoms with van der Waals surface area (Å²) in [6, 6.07) is 0.120. The van der Waals surface area contributed by atoms with E-state index in [4.69, 9.17) is 16.3 Å². The molecular formula is C9H11ClFN3O.